The molecule has 1 aromatic carbocycles. The number of amides is 1. The lowest BCUT2D eigenvalue weighted by Gasteiger charge is -2.47. The average Bonchev–Trinajstić information content (AvgIpc) is 2.67. The van der Waals surface area contributed by atoms with E-state index in [2.05, 4.69) is 0 Å². The number of fused-ring (bicyclic) bond motifs is 1. The van der Waals surface area contributed by atoms with Crippen molar-refractivity contribution in [3.05, 3.63) is 35.1 Å². The SMILES string of the molecule is CN(C)S(=O)(=O)N1CC[C@@H]2[C@@H](CCCN2C(=O)Cc2ccc(F)c(F)c2F)C1. The number of nitrogens with zero attached hydrogens (tertiary/aromatic N) is 3. The molecular weight excluding hydrogens is 395 g/mol. The van der Waals surface area contributed by atoms with Gasteiger partial charge < -0.3 is 4.90 Å². The van der Waals surface area contributed by atoms with Crippen LogP contribution in [0.4, 0.5) is 13.2 Å². The van der Waals surface area contributed by atoms with E-state index in [4.69, 9.17) is 0 Å². The van der Waals surface area contributed by atoms with Crippen LogP contribution in [0.25, 0.3) is 0 Å². The van der Waals surface area contributed by atoms with E-state index >= 15 is 0 Å². The summed E-state index contributed by atoms with van der Waals surface area (Å²) in [5.74, 6) is -4.57. The molecule has 0 radical (unpaired) electrons. The van der Waals surface area contributed by atoms with Gasteiger partial charge in [0.1, 0.15) is 0 Å². The van der Waals surface area contributed by atoms with Gasteiger partial charge in [-0.05, 0) is 31.2 Å². The van der Waals surface area contributed by atoms with E-state index in [9.17, 15) is 26.4 Å². The van der Waals surface area contributed by atoms with E-state index < -0.39 is 27.7 Å². The first-order valence-corrected chi connectivity index (χ1v) is 10.6. The van der Waals surface area contributed by atoms with E-state index in [-0.39, 0.29) is 29.9 Å². The monoisotopic (exact) mass is 419 g/mol. The second-order valence-corrected chi connectivity index (χ2v) is 9.65. The second-order valence-electron chi connectivity index (χ2n) is 7.50. The van der Waals surface area contributed by atoms with Gasteiger partial charge in [0.15, 0.2) is 17.5 Å². The topological polar surface area (TPSA) is 60.9 Å². The molecule has 0 aliphatic carbocycles. The van der Waals surface area contributed by atoms with E-state index in [0.29, 0.717) is 32.5 Å². The average molecular weight is 419 g/mol. The molecule has 0 N–H and O–H groups in total. The van der Waals surface area contributed by atoms with Crippen LogP contribution in [0.15, 0.2) is 12.1 Å². The van der Waals surface area contributed by atoms with Crippen LogP contribution >= 0.6 is 0 Å². The van der Waals surface area contributed by atoms with Gasteiger partial charge in [-0.3, -0.25) is 4.79 Å². The molecule has 6 nitrogen and oxygen atoms in total. The van der Waals surface area contributed by atoms with Crippen molar-refractivity contribution in [2.45, 2.75) is 31.7 Å². The lowest BCUT2D eigenvalue weighted by molar-refractivity contribution is -0.137. The minimum atomic E-state index is -3.51. The zero-order chi connectivity index (χ0) is 20.6. The molecule has 3 rings (SSSR count). The second kappa shape index (κ2) is 8.00. The number of likely N-dealkylation sites (tertiary alicyclic amines) is 1. The summed E-state index contributed by atoms with van der Waals surface area (Å²) < 4.78 is 67.8. The largest absolute Gasteiger partial charge is 0.339 e. The summed E-state index contributed by atoms with van der Waals surface area (Å²) in [4.78, 5) is 14.4. The summed E-state index contributed by atoms with van der Waals surface area (Å²) in [6, 6.07) is 1.76. The number of rotatable bonds is 4. The molecule has 2 aliphatic heterocycles. The quantitative estimate of drug-likeness (QED) is 0.699. The van der Waals surface area contributed by atoms with Gasteiger partial charge in [-0.25, -0.2) is 13.2 Å². The van der Waals surface area contributed by atoms with E-state index in [1.165, 1.54) is 22.7 Å². The number of piperidine rings is 2. The Kier molecular flexibility index (Phi) is 6.02. The first kappa shape index (κ1) is 21.1. The molecule has 1 aromatic rings. The van der Waals surface area contributed by atoms with Gasteiger partial charge in [-0.15, -0.1) is 0 Å². The minimum Gasteiger partial charge on any atom is -0.339 e. The Labute approximate surface area is 163 Å². The number of benzene rings is 1. The minimum absolute atomic E-state index is 0.00373. The van der Waals surface area contributed by atoms with Crippen molar-refractivity contribution in [2.75, 3.05) is 33.7 Å². The standard InChI is InChI=1S/C18H24F3N3O3S/c1-22(2)28(26,27)23-9-7-15-13(11-23)4-3-8-24(15)16(25)10-12-5-6-14(19)18(21)17(12)20/h5-6,13,15H,3-4,7-11H2,1-2H3/t13-,15+/m0/s1. The van der Waals surface area contributed by atoms with Crippen molar-refractivity contribution in [1.29, 1.82) is 0 Å². The fraction of sp³-hybridized carbons (Fsp3) is 0.611. The fourth-order valence-corrected chi connectivity index (χ4v) is 5.27. The summed E-state index contributed by atoms with van der Waals surface area (Å²) in [5, 5.41) is 0. The molecule has 0 unspecified atom stereocenters. The molecular formula is C18H24F3N3O3S. The van der Waals surface area contributed by atoms with Crippen molar-refractivity contribution >= 4 is 16.1 Å². The molecule has 28 heavy (non-hydrogen) atoms. The Morgan fingerprint density at radius 2 is 1.86 bits per heavy atom. The highest BCUT2D eigenvalue weighted by Gasteiger charge is 2.41. The van der Waals surface area contributed by atoms with E-state index in [0.717, 1.165) is 18.6 Å². The van der Waals surface area contributed by atoms with Crippen molar-refractivity contribution in [3.63, 3.8) is 0 Å². The maximum atomic E-state index is 13.9. The van der Waals surface area contributed by atoms with Crippen molar-refractivity contribution in [2.24, 2.45) is 5.92 Å². The van der Waals surface area contributed by atoms with Gasteiger partial charge in [0.2, 0.25) is 5.91 Å². The normalized spacial score (nSPS) is 23.7. The molecule has 0 aromatic heterocycles. The smallest absolute Gasteiger partial charge is 0.281 e. The third-order valence-electron chi connectivity index (χ3n) is 5.60. The predicted molar refractivity (Wildman–Crippen MR) is 97.0 cm³/mol. The molecule has 10 heteroatoms. The maximum Gasteiger partial charge on any atom is 0.281 e. The molecule has 0 spiro atoms. The van der Waals surface area contributed by atoms with Gasteiger partial charge in [-0.2, -0.15) is 17.0 Å². The molecule has 0 bridgehead atoms. The van der Waals surface area contributed by atoms with Crippen LogP contribution in [0.3, 0.4) is 0 Å². The van der Waals surface area contributed by atoms with Crippen molar-refractivity contribution < 1.29 is 26.4 Å². The summed E-state index contributed by atoms with van der Waals surface area (Å²) in [5.41, 5.74) is -0.182. The molecule has 2 fully saturated rings. The first-order valence-electron chi connectivity index (χ1n) is 9.22. The maximum absolute atomic E-state index is 13.9. The zero-order valence-corrected chi connectivity index (χ0v) is 16.7. The van der Waals surface area contributed by atoms with Gasteiger partial charge in [-0.1, -0.05) is 6.07 Å². The number of carbonyl (C=O) groups excluding carboxylic acids is 1. The lowest BCUT2D eigenvalue weighted by atomic mass is 9.84. The Morgan fingerprint density at radius 3 is 2.54 bits per heavy atom. The summed E-state index contributed by atoms with van der Waals surface area (Å²) in [7, 11) is -0.554. The Bertz CT molecular complexity index is 863. The third kappa shape index (κ3) is 3.90. The van der Waals surface area contributed by atoms with Gasteiger partial charge >= 0.3 is 0 Å². The Morgan fingerprint density at radius 1 is 1.14 bits per heavy atom. The summed E-state index contributed by atoms with van der Waals surface area (Å²) in [6.07, 6.45) is 1.64. The zero-order valence-electron chi connectivity index (χ0n) is 15.9. The first-order chi connectivity index (χ1) is 13.1. The van der Waals surface area contributed by atoms with Gasteiger partial charge in [0, 0.05) is 45.3 Å². The van der Waals surface area contributed by atoms with E-state index in [1.54, 1.807) is 4.90 Å². The predicted octanol–water partition coefficient (Wildman–Crippen LogP) is 1.77. The van der Waals surface area contributed by atoms with Gasteiger partial charge in [0.25, 0.3) is 10.2 Å². The molecule has 2 aliphatic rings. The third-order valence-corrected chi connectivity index (χ3v) is 7.50. The molecule has 156 valence electrons. The molecule has 2 atom stereocenters. The van der Waals surface area contributed by atoms with Gasteiger partial charge in [0.05, 0.1) is 6.42 Å². The summed E-state index contributed by atoms with van der Waals surface area (Å²) in [6.45, 7) is 1.12. The molecule has 2 saturated heterocycles. The molecule has 2 heterocycles. The van der Waals surface area contributed by atoms with E-state index in [1.807, 2.05) is 0 Å². The highest BCUT2D eigenvalue weighted by atomic mass is 32.2. The number of hydrogen-bond donors (Lipinski definition) is 0. The Hall–Kier alpha value is -1.65. The summed E-state index contributed by atoms with van der Waals surface area (Å²) >= 11 is 0. The number of hydrogen-bond acceptors (Lipinski definition) is 3. The number of carbonyl (C=O) groups is 1. The molecule has 1 amide bonds. The van der Waals surface area contributed by atoms with Crippen LogP contribution in [-0.2, 0) is 21.4 Å². The number of halogens is 3. The van der Waals surface area contributed by atoms with Crippen LogP contribution in [-0.4, -0.2) is 67.6 Å². The van der Waals surface area contributed by atoms with Crippen LogP contribution in [0.1, 0.15) is 24.8 Å². The van der Waals surface area contributed by atoms with Crippen molar-refractivity contribution in [3.8, 4) is 0 Å². The highest BCUT2D eigenvalue weighted by Crippen LogP contribution is 2.32. The fourth-order valence-electron chi connectivity index (χ4n) is 4.09. The van der Waals surface area contributed by atoms with Crippen LogP contribution in [0.2, 0.25) is 0 Å². The van der Waals surface area contributed by atoms with Crippen LogP contribution in [0, 0.1) is 23.4 Å². The van der Waals surface area contributed by atoms with Crippen molar-refractivity contribution in [1.82, 2.24) is 13.5 Å². The van der Waals surface area contributed by atoms with Crippen LogP contribution in [0.5, 0.6) is 0 Å². The highest BCUT2D eigenvalue weighted by molar-refractivity contribution is 7.86. The Balaban J connectivity index is 1.73. The van der Waals surface area contributed by atoms with Crippen LogP contribution < -0.4 is 0 Å². The lowest BCUT2D eigenvalue weighted by Crippen LogP contribution is -2.58. The molecule has 0 saturated carbocycles.